The molecule has 1 saturated heterocycles. The highest BCUT2D eigenvalue weighted by molar-refractivity contribution is 7.89. The highest BCUT2D eigenvalue weighted by Crippen LogP contribution is 2.30. The maximum atomic E-state index is 13.2. The van der Waals surface area contributed by atoms with Gasteiger partial charge in [-0.15, -0.1) is 11.3 Å². The van der Waals surface area contributed by atoms with Gasteiger partial charge in [0.2, 0.25) is 21.8 Å². The summed E-state index contributed by atoms with van der Waals surface area (Å²) in [6.07, 6.45) is 7.43. The number of nitrogens with one attached hydrogen (secondary N) is 1. The molecule has 36 heavy (non-hydrogen) atoms. The number of nitrogens with zero attached hydrogens (tertiary/aromatic N) is 3. The Morgan fingerprint density at radius 2 is 1.89 bits per heavy atom. The molecular formula is C23H28F2N4O5S2. The minimum Gasteiger partial charge on any atom is -0.435 e. The number of aromatic nitrogens is 1. The first-order chi connectivity index (χ1) is 17.2. The van der Waals surface area contributed by atoms with Gasteiger partial charge < -0.3 is 15.0 Å². The van der Waals surface area contributed by atoms with Crippen LogP contribution in [0, 0.1) is 5.92 Å². The molecular weight excluding hydrogens is 514 g/mol. The topological polar surface area (TPSA) is 109 Å². The Balaban J connectivity index is 1.47. The third-order valence-corrected chi connectivity index (χ3v) is 9.08. The van der Waals surface area contributed by atoms with Gasteiger partial charge in [0, 0.05) is 24.7 Å². The highest BCUT2D eigenvalue weighted by Gasteiger charge is 2.39. The number of anilines is 1. The van der Waals surface area contributed by atoms with E-state index in [2.05, 4.69) is 15.0 Å². The summed E-state index contributed by atoms with van der Waals surface area (Å²) >= 11 is 1.28. The summed E-state index contributed by atoms with van der Waals surface area (Å²) in [6, 6.07) is 3.88. The lowest BCUT2D eigenvalue weighted by molar-refractivity contribution is -0.142. The van der Waals surface area contributed by atoms with E-state index in [0.717, 1.165) is 60.7 Å². The number of ether oxygens (including phenoxy) is 1. The van der Waals surface area contributed by atoms with Crippen LogP contribution < -0.4 is 10.1 Å². The SMILES string of the molecule is O=C(Nc1nccs1)[C@H](CC1CCCCC1)N1CCN(S(=O)(=O)c2ccc(OC(F)F)cc2)CC1=O. The average molecular weight is 543 g/mol. The van der Waals surface area contributed by atoms with E-state index in [0.29, 0.717) is 17.5 Å². The summed E-state index contributed by atoms with van der Waals surface area (Å²) in [5, 5.41) is 4.98. The van der Waals surface area contributed by atoms with Crippen LogP contribution in [-0.2, 0) is 19.6 Å². The molecule has 2 aromatic rings. The monoisotopic (exact) mass is 542 g/mol. The van der Waals surface area contributed by atoms with Crippen molar-refractivity contribution in [3.8, 4) is 5.75 Å². The van der Waals surface area contributed by atoms with Crippen LogP contribution in [0.4, 0.5) is 13.9 Å². The molecule has 9 nitrogen and oxygen atoms in total. The number of halogens is 2. The minimum atomic E-state index is -4.04. The Morgan fingerprint density at radius 1 is 1.17 bits per heavy atom. The van der Waals surface area contributed by atoms with Gasteiger partial charge in [-0.25, -0.2) is 13.4 Å². The third-order valence-electron chi connectivity index (χ3n) is 6.53. The number of alkyl halides is 2. The zero-order valence-corrected chi connectivity index (χ0v) is 21.1. The first-order valence-electron chi connectivity index (χ1n) is 11.8. The first kappa shape index (κ1) is 26.4. The number of hydrogen-bond acceptors (Lipinski definition) is 7. The number of benzene rings is 1. The molecule has 2 heterocycles. The van der Waals surface area contributed by atoms with Crippen molar-refractivity contribution >= 4 is 38.3 Å². The maximum Gasteiger partial charge on any atom is 0.387 e. The smallest absolute Gasteiger partial charge is 0.387 e. The quantitative estimate of drug-likeness (QED) is 0.519. The van der Waals surface area contributed by atoms with E-state index in [-0.39, 0.29) is 29.6 Å². The summed E-state index contributed by atoms with van der Waals surface area (Å²) in [5.41, 5.74) is 0. The van der Waals surface area contributed by atoms with Crippen LogP contribution in [-0.4, -0.2) is 66.7 Å². The van der Waals surface area contributed by atoms with Crippen molar-refractivity contribution in [2.45, 2.75) is 56.1 Å². The lowest BCUT2D eigenvalue weighted by atomic mass is 9.84. The first-order valence-corrected chi connectivity index (χ1v) is 14.1. The molecule has 0 bridgehead atoms. The molecule has 2 amide bonds. The summed E-state index contributed by atoms with van der Waals surface area (Å²) in [4.78, 5) is 31.8. The van der Waals surface area contributed by atoms with Gasteiger partial charge in [-0.3, -0.25) is 9.59 Å². The Morgan fingerprint density at radius 3 is 2.50 bits per heavy atom. The largest absolute Gasteiger partial charge is 0.435 e. The predicted octanol–water partition coefficient (Wildman–Crippen LogP) is 3.56. The van der Waals surface area contributed by atoms with E-state index in [1.165, 1.54) is 16.2 Å². The molecule has 2 fully saturated rings. The van der Waals surface area contributed by atoms with Gasteiger partial charge in [-0.2, -0.15) is 13.1 Å². The number of hydrogen-bond donors (Lipinski definition) is 1. The lowest BCUT2D eigenvalue weighted by Gasteiger charge is -2.39. The van der Waals surface area contributed by atoms with Crippen molar-refractivity contribution < 1.29 is 31.5 Å². The number of rotatable bonds is 9. The fraction of sp³-hybridized carbons (Fsp3) is 0.522. The van der Waals surface area contributed by atoms with E-state index >= 15 is 0 Å². The van der Waals surface area contributed by atoms with E-state index in [1.807, 2.05) is 0 Å². The maximum absolute atomic E-state index is 13.2. The zero-order valence-electron chi connectivity index (χ0n) is 19.5. The number of thiazole rings is 1. The lowest BCUT2D eigenvalue weighted by Crippen LogP contribution is -2.58. The Bertz CT molecular complexity index is 1140. The van der Waals surface area contributed by atoms with E-state index < -0.39 is 35.1 Å². The molecule has 0 spiro atoms. The molecule has 1 N–H and O–H groups in total. The molecule has 4 rings (SSSR count). The second kappa shape index (κ2) is 11.6. The van der Waals surface area contributed by atoms with E-state index in [4.69, 9.17) is 0 Å². The second-order valence-corrected chi connectivity index (χ2v) is 11.7. The van der Waals surface area contributed by atoms with Crippen LogP contribution in [0.3, 0.4) is 0 Å². The van der Waals surface area contributed by atoms with Crippen LogP contribution in [0.25, 0.3) is 0 Å². The molecule has 1 atom stereocenters. The zero-order chi connectivity index (χ0) is 25.7. The van der Waals surface area contributed by atoms with Crippen molar-refractivity contribution in [2.75, 3.05) is 25.0 Å². The van der Waals surface area contributed by atoms with Crippen LogP contribution in [0.2, 0.25) is 0 Å². The normalized spacial score (nSPS) is 18.9. The Hall–Kier alpha value is -2.64. The molecule has 0 unspecified atom stereocenters. The average Bonchev–Trinajstić information content (AvgIpc) is 3.36. The van der Waals surface area contributed by atoms with Gasteiger partial charge in [0.25, 0.3) is 0 Å². The Labute approximate surface area is 212 Å². The molecule has 0 radical (unpaired) electrons. The fourth-order valence-electron chi connectivity index (χ4n) is 4.73. The van der Waals surface area contributed by atoms with Crippen molar-refractivity contribution in [1.29, 1.82) is 0 Å². The second-order valence-electron chi connectivity index (χ2n) is 8.86. The molecule has 1 aromatic heterocycles. The van der Waals surface area contributed by atoms with Gasteiger partial charge in [0.15, 0.2) is 5.13 Å². The number of piperazine rings is 1. The van der Waals surface area contributed by atoms with Crippen LogP contribution in [0.15, 0.2) is 40.7 Å². The van der Waals surface area contributed by atoms with Gasteiger partial charge >= 0.3 is 6.61 Å². The van der Waals surface area contributed by atoms with Crippen molar-refractivity contribution in [1.82, 2.24) is 14.2 Å². The molecule has 1 aliphatic carbocycles. The van der Waals surface area contributed by atoms with Crippen molar-refractivity contribution in [3.05, 3.63) is 35.8 Å². The summed E-state index contributed by atoms with van der Waals surface area (Å²) < 4.78 is 56.2. The number of carbonyl (C=O) groups excluding carboxylic acids is 2. The van der Waals surface area contributed by atoms with Crippen LogP contribution in [0.5, 0.6) is 5.75 Å². The van der Waals surface area contributed by atoms with E-state index in [9.17, 15) is 26.8 Å². The van der Waals surface area contributed by atoms with Crippen LogP contribution in [0.1, 0.15) is 38.5 Å². The summed E-state index contributed by atoms with van der Waals surface area (Å²) in [6.45, 7) is -3.36. The van der Waals surface area contributed by atoms with Gasteiger partial charge in [-0.1, -0.05) is 32.1 Å². The molecule has 1 aliphatic heterocycles. The highest BCUT2D eigenvalue weighted by atomic mass is 32.2. The van der Waals surface area contributed by atoms with Crippen molar-refractivity contribution in [2.24, 2.45) is 5.92 Å². The minimum absolute atomic E-state index is 0.00899. The predicted molar refractivity (Wildman–Crippen MR) is 129 cm³/mol. The molecule has 196 valence electrons. The molecule has 1 aromatic carbocycles. The van der Waals surface area contributed by atoms with E-state index in [1.54, 1.807) is 11.6 Å². The standard InChI is InChI=1S/C23H28F2N4O5S2/c24-22(25)34-17-6-8-18(9-7-17)36(32,33)28-11-12-29(20(30)15-28)19(14-16-4-2-1-3-5-16)21(31)27-23-26-10-13-35-23/h6-10,13,16,19,22H,1-5,11-12,14-15H2,(H,26,27,31)/t19-/m0/s1. The van der Waals surface area contributed by atoms with Gasteiger partial charge in [0.05, 0.1) is 11.4 Å². The fourth-order valence-corrected chi connectivity index (χ4v) is 6.64. The van der Waals surface area contributed by atoms with Crippen LogP contribution >= 0.6 is 11.3 Å². The number of sulfonamides is 1. The summed E-state index contributed by atoms with van der Waals surface area (Å²) in [5.74, 6) is -0.636. The molecule has 1 saturated carbocycles. The number of amides is 2. The number of carbonyl (C=O) groups is 2. The summed E-state index contributed by atoms with van der Waals surface area (Å²) in [7, 11) is -4.04. The Kier molecular flexibility index (Phi) is 8.52. The van der Waals surface area contributed by atoms with Gasteiger partial charge in [-0.05, 0) is 36.6 Å². The van der Waals surface area contributed by atoms with Gasteiger partial charge in [0.1, 0.15) is 11.8 Å². The van der Waals surface area contributed by atoms with Crippen molar-refractivity contribution in [3.63, 3.8) is 0 Å². The molecule has 2 aliphatic rings. The third kappa shape index (κ3) is 6.37. The molecule has 13 heteroatoms.